The smallest absolute Gasteiger partial charge is 0.295 e. The Labute approximate surface area is 211 Å². The standard InChI is InChI=1S/C27H34N2O7/c1-16-13-18(33-4)9-10-19(16)24(30)22-23(29(27(32)25(22)31)12-8-11-28(2)3)17-14-20(34-5)26(36-7)21(15-17)35-6/h9-10,13-15,23,30H,8,11-12H2,1-7H3/b24-22+/t23-/m0/s1. The van der Waals surface area contributed by atoms with Crippen LogP contribution in [0.2, 0.25) is 0 Å². The molecule has 9 nitrogen and oxygen atoms in total. The summed E-state index contributed by atoms with van der Waals surface area (Å²) in [4.78, 5) is 30.1. The number of rotatable bonds is 10. The van der Waals surface area contributed by atoms with E-state index in [9.17, 15) is 14.7 Å². The number of ketones is 1. The van der Waals surface area contributed by atoms with E-state index in [0.29, 0.717) is 52.7 Å². The summed E-state index contributed by atoms with van der Waals surface area (Å²) in [6.07, 6.45) is 0.641. The molecule has 0 saturated carbocycles. The van der Waals surface area contributed by atoms with Gasteiger partial charge >= 0.3 is 0 Å². The monoisotopic (exact) mass is 498 g/mol. The minimum atomic E-state index is -0.845. The van der Waals surface area contributed by atoms with E-state index in [0.717, 1.165) is 6.54 Å². The van der Waals surface area contributed by atoms with E-state index in [-0.39, 0.29) is 11.3 Å². The summed E-state index contributed by atoms with van der Waals surface area (Å²) in [5.74, 6) is 0.111. The predicted octanol–water partition coefficient (Wildman–Crippen LogP) is 3.40. The third-order valence-electron chi connectivity index (χ3n) is 6.24. The number of hydrogen-bond acceptors (Lipinski definition) is 8. The molecule has 0 unspecified atom stereocenters. The maximum atomic E-state index is 13.3. The van der Waals surface area contributed by atoms with Gasteiger partial charge in [-0.15, -0.1) is 0 Å². The van der Waals surface area contributed by atoms with Crippen molar-refractivity contribution in [2.75, 3.05) is 55.6 Å². The zero-order chi connectivity index (χ0) is 26.6. The zero-order valence-electron chi connectivity index (χ0n) is 21.9. The molecule has 1 N–H and O–H groups in total. The van der Waals surface area contributed by atoms with E-state index < -0.39 is 17.7 Å². The van der Waals surface area contributed by atoms with Crippen LogP contribution in [0.15, 0.2) is 35.9 Å². The number of carbonyl (C=O) groups excluding carboxylic acids is 2. The van der Waals surface area contributed by atoms with Crippen LogP contribution in [0, 0.1) is 6.92 Å². The van der Waals surface area contributed by atoms with Crippen molar-refractivity contribution in [3.05, 3.63) is 52.6 Å². The van der Waals surface area contributed by atoms with Crippen molar-refractivity contribution in [1.29, 1.82) is 0 Å². The number of Topliss-reactive ketones (excluding diaryl/α,β-unsaturated/α-hetero) is 1. The fourth-order valence-corrected chi connectivity index (χ4v) is 4.45. The Bertz CT molecular complexity index is 1150. The quantitative estimate of drug-likeness (QED) is 0.302. The van der Waals surface area contributed by atoms with E-state index in [2.05, 4.69) is 0 Å². The van der Waals surface area contributed by atoms with Gasteiger partial charge in [-0.2, -0.15) is 0 Å². The van der Waals surface area contributed by atoms with E-state index in [4.69, 9.17) is 18.9 Å². The van der Waals surface area contributed by atoms with Gasteiger partial charge in [-0.05, 0) is 75.4 Å². The second-order valence-corrected chi connectivity index (χ2v) is 8.79. The summed E-state index contributed by atoms with van der Waals surface area (Å²) in [6, 6.07) is 7.69. The Balaban J connectivity index is 2.24. The number of methoxy groups -OCH3 is 4. The lowest BCUT2D eigenvalue weighted by Gasteiger charge is -2.27. The zero-order valence-corrected chi connectivity index (χ0v) is 21.9. The number of ether oxygens (including phenoxy) is 4. The highest BCUT2D eigenvalue weighted by Gasteiger charge is 2.46. The normalized spacial score (nSPS) is 17.0. The number of aliphatic hydroxyl groups excluding tert-OH is 1. The van der Waals surface area contributed by atoms with E-state index >= 15 is 0 Å². The fraction of sp³-hybridized carbons (Fsp3) is 0.407. The molecule has 0 bridgehead atoms. The van der Waals surface area contributed by atoms with E-state index in [1.807, 2.05) is 19.0 Å². The van der Waals surface area contributed by atoms with Gasteiger partial charge in [0.25, 0.3) is 11.7 Å². The average molecular weight is 499 g/mol. The molecule has 2 aromatic carbocycles. The molecule has 1 aliphatic heterocycles. The maximum absolute atomic E-state index is 13.3. The van der Waals surface area contributed by atoms with Crippen LogP contribution in [-0.2, 0) is 9.59 Å². The van der Waals surface area contributed by atoms with Gasteiger partial charge in [-0.1, -0.05) is 0 Å². The molecule has 0 aromatic heterocycles. The average Bonchev–Trinajstić information content (AvgIpc) is 3.12. The lowest BCUT2D eigenvalue weighted by Crippen LogP contribution is -2.32. The van der Waals surface area contributed by atoms with Crippen molar-refractivity contribution in [3.63, 3.8) is 0 Å². The number of nitrogens with zero attached hydrogens (tertiary/aromatic N) is 2. The first-order valence-electron chi connectivity index (χ1n) is 11.6. The summed E-state index contributed by atoms with van der Waals surface area (Å²) in [7, 11) is 9.93. The minimum Gasteiger partial charge on any atom is -0.507 e. The highest BCUT2D eigenvalue weighted by atomic mass is 16.5. The molecule has 1 fully saturated rings. The Morgan fingerprint density at radius 3 is 2.11 bits per heavy atom. The van der Waals surface area contributed by atoms with Gasteiger partial charge in [0.2, 0.25) is 5.75 Å². The molecule has 9 heteroatoms. The van der Waals surface area contributed by atoms with Crippen molar-refractivity contribution >= 4 is 17.4 Å². The molecule has 1 amide bonds. The second kappa shape index (κ2) is 11.3. The lowest BCUT2D eigenvalue weighted by atomic mass is 9.93. The number of amides is 1. The van der Waals surface area contributed by atoms with Crippen LogP contribution in [-0.4, -0.2) is 82.2 Å². The first-order valence-corrected chi connectivity index (χ1v) is 11.6. The largest absolute Gasteiger partial charge is 0.507 e. The Morgan fingerprint density at radius 2 is 1.61 bits per heavy atom. The molecule has 0 radical (unpaired) electrons. The number of aryl methyl sites for hydroxylation is 1. The third kappa shape index (κ3) is 5.11. The molecule has 0 aliphatic carbocycles. The summed E-state index contributed by atoms with van der Waals surface area (Å²) in [6.45, 7) is 2.85. The third-order valence-corrected chi connectivity index (χ3v) is 6.24. The van der Waals surface area contributed by atoms with Gasteiger partial charge in [0.1, 0.15) is 11.5 Å². The molecule has 3 rings (SSSR count). The van der Waals surface area contributed by atoms with Crippen molar-refractivity contribution < 1.29 is 33.6 Å². The van der Waals surface area contributed by atoms with Crippen molar-refractivity contribution in [2.45, 2.75) is 19.4 Å². The number of benzene rings is 2. The van der Waals surface area contributed by atoms with Crippen LogP contribution in [0.1, 0.15) is 29.2 Å². The molecule has 2 aromatic rings. The van der Waals surface area contributed by atoms with Gasteiger partial charge < -0.3 is 33.9 Å². The Morgan fingerprint density at radius 1 is 0.972 bits per heavy atom. The number of carbonyl (C=O) groups is 2. The molecule has 194 valence electrons. The van der Waals surface area contributed by atoms with Crippen molar-refractivity contribution in [1.82, 2.24) is 9.80 Å². The van der Waals surface area contributed by atoms with Crippen LogP contribution < -0.4 is 18.9 Å². The van der Waals surface area contributed by atoms with Gasteiger partial charge in [0.05, 0.1) is 40.1 Å². The summed E-state index contributed by atoms with van der Waals surface area (Å²) < 4.78 is 21.7. The molecular formula is C27H34N2O7. The minimum absolute atomic E-state index is 0.00685. The van der Waals surface area contributed by atoms with Gasteiger partial charge in [0, 0.05) is 12.1 Å². The molecule has 1 heterocycles. The number of hydrogen-bond donors (Lipinski definition) is 1. The molecule has 1 atom stereocenters. The Kier molecular flexibility index (Phi) is 8.47. The molecular weight excluding hydrogens is 464 g/mol. The van der Waals surface area contributed by atoms with Gasteiger partial charge in [0.15, 0.2) is 11.5 Å². The maximum Gasteiger partial charge on any atom is 0.295 e. The van der Waals surface area contributed by atoms with E-state index in [1.165, 1.54) is 26.2 Å². The topological polar surface area (TPSA) is 97.8 Å². The molecule has 0 spiro atoms. The highest BCUT2D eigenvalue weighted by molar-refractivity contribution is 6.46. The Hall–Kier alpha value is -3.72. The molecule has 1 aliphatic rings. The summed E-state index contributed by atoms with van der Waals surface area (Å²) >= 11 is 0. The molecule has 36 heavy (non-hydrogen) atoms. The summed E-state index contributed by atoms with van der Waals surface area (Å²) in [5, 5.41) is 11.4. The van der Waals surface area contributed by atoms with Gasteiger partial charge in [-0.25, -0.2) is 0 Å². The highest BCUT2D eigenvalue weighted by Crippen LogP contribution is 2.46. The number of aliphatic hydroxyl groups is 1. The predicted molar refractivity (Wildman–Crippen MR) is 136 cm³/mol. The van der Waals surface area contributed by atoms with E-state index in [1.54, 1.807) is 44.4 Å². The van der Waals surface area contributed by atoms with Crippen molar-refractivity contribution in [3.8, 4) is 23.0 Å². The second-order valence-electron chi connectivity index (χ2n) is 8.79. The van der Waals surface area contributed by atoms with Crippen LogP contribution >= 0.6 is 0 Å². The lowest BCUT2D eigenvalue weighted by molar-refractivity contribution is -0.139. The van der Waals surface area contributed by atoms with Crippen LogP contribution in [0.3, 0.4) is 0 Å². The summed E-state index contributed by atoms with van der Waals surface area (Å²) in [5.41, 5.74) is 1.71. The molecule has 1 saturated heterocycles. The van der Waals surface area contributed by atoms with Crippen molar-refractivity contribution in [2.24, 2.45) is 0 Å². The first kappa shape index (κ1) is 26.9. The fourth-order valence-electron chi connectivity index (χ4n) is 4.45. The SMILES string of the molecule is COc1ccc(/C(O)=C2\C(=O)C(=O)N(CCCN(C)C)[C@H]2c2cc(OC)c(OC)c(OC)c2)c(C)c1. The first-order chi connectivity index (χ1) is 17.2. The van der Waals surface area contributed by atoms with Crippen LogP contribution in [0.4, 0.5) is 0 Å². The van der Waals surface area contributed by atoms with Crippen LogP contribution in [0.5, 0.6) is 23.0 Å². The van der Waals surface area contributed by atoms with Crippen LogP contribution in [0.25, 0.3) is 5.76 Å². The number of likely N-dealkylation sites (tertiary alicyclic amines) is 1. The van der Waals surface area contributed by atoms with Gasteiger partial charge in [-0.3, -0.25) is 9.59 Å².